The average molecular weight is 344 g/mol. The lowest BCUT2D eigenvalue weighted by Crippen LogP contribution is -2.47. The van der Waals surface area contributed by atoms with Crippen LogP contribution in [0.2, 0.25) is 0 Å². The Balaban J connectivity index is 2.09. The zero-order chi connectivity index (χ0) is 17.2. The third-order valence-corrected chi connectivity index (χ3v) is 5.55. The van der Waals surface area contributed by atoms with Crippen LogP contribution in [-0.4, -0.2) is 55.0 Å². The van der Waals surface area contributed by atoms with E-state index in [1.165, 1.54) is 6.26 Å². The second-order valence-electron chi connectivity index (χ2n) is 6.49. The highest BCUT2D eigenvalue weighted by Gasteiger charge is 2.26. The molecule has 1 saturated heterocycles. The smallest absolute Gasteiger partial charge is 0.216 e. The van der Waals surface area contributed by atoms with Gasteiger partial charge in [-0.1, -0.05) is 13.8 Å². The van der Waals surface area contributed by atoms with E-state index in [0.717, 1.165) is 30.0 Å². The Morgan fingerprint density at radius 2 is 2.13 bits per heavy atom. The van der Waals surface area contributed by atoms with Crippen molar-refractivity contribution < 1.29 is 13.2 Å². The number of hydrogen-bond donors (Lipinski definition) is 1. The number of hydrogen-bond acceptors (Lipinski definition) is 5. The van der Waals surface area contributed by atoms with Gasteiger partial charge in [0, 0.05) is 32.7 Å². The second kappa shape index (κ2) is 7.19. The maximum atomic E-state index is 11.7. The Hall–Kier alpha value is -1.12. The standard InChI is InChI=1S/C15H28N4O3S/c1-11(2)14-13(15(22-4)18(3)17-14)9-16-12-7-6-8-19(10-12)23(5,20)21/h11-12,16H,6-10H2,1-5H3. The van der Waals surface area contributed by atoms with Crippen molar-refractivity contribution in [2.75, 3.05) is 26.5 Å². The van der Waals surface area contributed by atoms with Crippen molar-refractivity contribution >= 4 is 10.0 Å². The van der Waals surface area contributed by atoms with Crippen LogP contribution in [0.1, 0.15) is 43.9 Å². The molecule has 8 heteroatoms. The van der Waals surface area contributed by atoms with Gasteiger partial charge in [0.1, 0.15) is 0 Å². The Kier molecular flexibility index (Phi) is 5.70. The van der Waals surface area contributed by atoms with Crippen LogP contribution < -0.4 is 10.1 Å². The van der Waals surface area contributed by atoms with Crippen LogP contribution in [0.4, 0.5) is 0 Å². The van der Waals surface area contributed by atoms with Gasteiger partial charge in [0.2, 0.25) is 15.9 Å². The molecule has 0 bridgehead atoms. The van der Waals surface area contributed by atoms with E-state index in [4.69, 9.17) is 4.74 Å². The van der Waals surface area contributed by atoms with Gasteiger partial charge in [-0.3, -0.25) is 0 Å². The third kappa shape index (κ3) is 4.24. The number of nitrogens with one attached hydrogen (secondary N) is 1. The van der Waals surface area contributed by atoms with Crippen LogP contribution in [0.25, 0.3) is 0 Å². The van der Waals surface area contributed by atoms with Crippen molar-refractivity contribution in [2.24, 2.45) is 7.05 Å². The lowest BCUT2D eigenvalue weighted by Gasteiger charge is -2.31. The van der Waals surface area contributed by atoms with Gasteiger partial charge in [0.25, 0.3) is 0 Å². The summed E-state index contributed by atoms with van der Waals surface area (Å²) >= 11 is 0. The molecule has 1 aromatic rings. The molecule has 1 aromatic heterocycles. The molecule has 1 unspecified atom stereocenters. The monoisotopic (exact) mass is 344 g/mol. The van der Waals surface area contributed by atoms with Gasteiger partial charge in [-0.15, -0.1) is 0 Å². The number of rotatable bonds is 6. The van der Waals surface area contributed by atoms with E-state index in [-0.39, 0.29) is 6.04 Å². The fraction of sp³-hybridized carbons (Fsp3) is 0.800. The molecule has 0 aromatic carbocycles. The number of aryl methyl sites for hydroxylation is 1. The van der Waals surface area contributed by atoms with Crippen LogP contribution in [0.15, 0.2) is 0 Å². The zero-order valence-electron chi connectivity index (χ0n) is 14.7. The molecule has 7 nitrogen and oxygen atoms in total. The van der Waals surface area contributed by atoms with E-state index < -0.39 is 10.0 Å². The first-order valence-corrected chi connectivity index (χ1v) is 9.87. The molecule has 1 fully saturated rings. The fourth-order valence-corrected chi connectivity index (χ4v) is 4.03. The molecular formula is C15H28N4O3S. The van der Waals surface area contributed by atoms with Gasteiger partial charge in [0.05, 0.1) is 24.6 Å². The van der Waals surface area contributed by atoms with Crippen LogP contribution in [0.3, 0.4) is 0 Å². The molecule has 1 N–H and O–H groups in total. The summed E-state index contributed by atoms with van der Waals surface area (Å²) in [6, 6.07) is 0.156. The summed E-state index contributed by atoms with van der Waals surface area (Å²) in [5, 5.41) is 8.03. The van der Waals surface area contributed by atoms with E-state index in [2.05, 4.69) is 24.3 Å². The van der Waals surface area contributed by atoms with E-state index in [0.29, 0.717) is 25.6 Å². The first-order valence-electron chi connectivity index (χ1n) is 8.02. The number of piperidine rings is 1. The molecule has 0 saturated carbocycles. The highest BCUT2D eigenvalue weighted by molar-refractivity contribution is 7.88. The molecule has 0 aliphatic carbocycles. The predicted molar refractivity (Wildman–Crippen MR) is 90.1 cm³/mol. The molecule has 1 aliphatic rings. The van der Waals surface area contributed by atoms with Crippen LogP contribution in [0, 0.1) is 0 Å². The quantitative estimate of drug-likeness (QED) is 0.835. The zero-order valence-corrected chi connectivity index (χ0v) is 15.5. The normalized spacial score (nSPS) is 20.2. The Labute approximate surface area is 139 Å². The van der Waals surface area contributed by atoms with Gasteiger partial charge >= 0.3 is 0 Å². The number of nitrogens with zero attached hydrogens (tertiary/aromatic N) is 3. The maximum absolute atomic E-state index is 11.7. The van der Waals surface area contributed by atoms with E-state index in [1.54, 1.807) is 16.1 Å². The summed E-state index contributed by atoms with van der Waals surface area (Å²) in [4.78, 5) is 0. The first-order chi connectivity index (χ1) is 10.7. The van der Waals surface area contributed by atoms with Gasteiger partial charge in [-0.25, -0.2) is 17.4 Å². The van der Waals surface area contributed by atoms with Gasteiger partial charge in [-0.05, 0) is 18.8 Å². The lowest BCUT2D eigenvalue weighted by molar-refractivity contribution is 0.282. The number of methoxy groups -OCH3 is 1. The molecule has 0 radical (unpaired) electrons. The van der Waals surface area contributed by atoms with E-state index >= 15 is 0 Å². The lowest BCUT2D eigenvalue weighted by atomic mass is 10.0. The Bertz CT molecular complexity index is 639. The molecule has 0 amide bonds. The molecule has 132 valence electrons. The van der Waals surface area contributed by atoms with E-state index in [9.17, 15) is 8.42 Å². The van der Waals surface area contributed by atoms with E-state index in [1.807, 2.05) is 7.05 Å². The summed E-state index contributed by atoms with van der Waals surface area (Å²) in [6.07, 6.45) is 3.13. The number of aromatic nitrogens is 2. The van der Waals surface area contributed by atoms with Gasteiger partial charge in [-0.2, -0.15) is 5.10 Å². The summed E-state index contributed by atoms with van der Waals surface area (Å²) in [5.41, 5.74) is 2.08. The largest absolute Gasteiger partial charge is 0.481 e. The summed E-state index contributed by atoms with van der Waals surface area (Å²) < 4.78 is 32.2. The highest BCUT2D eigenvalue weighted by Crippen LogP contribution is 2.27. The van der Waals surface area contributed by atoms with Crippen molar-refractivity contribution in [3.05, 3.63) is 11.3 Å². The minimum Gasteiger partial charge on any atom is -0.481 e. The fourth-order valence-electron chi connectivity index (χ4n) is 3.11. The van der Waals surface area contributed by atoms with Crippen molar-refractivity contribution in [2.45, 2.75) is 45.2 Å². The van der Waals surface area contributed by atoms with Gasteiger partial charge in [0.15, 0.2) is 0 Å². The second-order valence-corrected chi connectivity index (χ2v) is 8.47. The number of sulfonamides is 1. The van der Waals surface area contributed by atoms with Crippen molar-refractivity contribution in [1.82, 2.24) is 19.4 Å². The minimum absolute atomic E-state index is 0.156. The van der Waals surface area contributed by atoms with Crippen molar-refractivity contribution in [3.8, 4) is 5.88 Å². The number of ether oxygens (including phenoxy) is 1. The van der Waals surface area contributed by atoms with Crippen molar-refractivity contribution in [1.29, 1.82) is 0 Å². The van der Waals surface area contributed by atoms with Gasteiger partial charge < -0.3 is 10.1 Å². The summed E-state index contributed by atoms with van der Waals surface area (Å²) in [5.74, 6) is 1.07. The van der Waals surface area contributed by atoms with Crippen LogP contribution >= 0.6 is 0 Å². The Morgan fingerprint density at radius 1 is 1.43 bits per heavy atom. The SMILES string of the molecule is COc1c(CNC2CCCN(S(C)(=O)=O)C2)c(C(C)C)nn1C. The average Bonchev–Trinajstić information content (AvgIpc) is 2.80. The molecule has 2 heterocycles. The highest BCUT2D eigenvalue weighted by atomic mass is 32.2. The van der Waals surface area contributed by atoms with Crippen LogP contribution in [0.5, 0.6) is 5.88 Å². The first kappa shape index (κ1) is 18.2. The van der Waals surface area contributed by atoms with Crippen LogP contribution in [-0.2, 0) is 23.6 Å². The molecule has 2 rings (SSSR count). The Morgan fingerprint density at radius 3 is 2.70 bits per heavy atom. The summed E-state index contributed by atoms with van der Waals surface area (Å²) in [6.45, 7) is 5.99. The minimum atomic E-state index is -3.12. The molecule has 1 atom stereocenters. The maximum Gasteiger partial charge on any atom is 0.216 e. The molecule has 23 heavy (non-hydrogen) atoms. The molecular weight excluding hydrogens is 316 g/mol. The summed E-state index contributed by atoms with van der Waals surface area (Å²) in [7, 11) is 0.405. The third-order valence-electron chi connectivity index (χ3n) is 4.28. The predicted octanol–water partition coefficient (Wildman–Crippen LogP) is 1.07. The van der Waals surface area contributed by atoms with Crippen molar-refractivity contribution in [3.63, 3.8) is 0 Å². The topological polar surface area (TPSA) is 76.5 Å². The molecule has 0 spiro atoms. The molecule has 1 aliphatic heterocycles.